The quantitative estimate of drug-likeness (QED) is 0.330. The summed E-state index contributed by atoms with van der Waals surface area (Å²) in [5.41, 5.74) is 0. The Morgan fingerprint density at radius 3 is 1.33 bits per heavy atom. The molecule has 0 unspecified atom stereocenters. The van der Waals surface area contributed by atoms with Gasteiger partial charge in [0.15, 0.2) is 0 Å². The lowest BCUT2D eigenvalue weighted by molar-refractivity contribution is 0.286. The van der Waals surface area contributed by atoms with Crippen molar-refractivity contribution in [1.29, 1.82) is 0 Å². The second-order valence-electron chi connectivity index (χ2n) is 6.42. The minimum Gasteiger partial charge on any atom is -0.396 e. The van der Waals surface area contributed by atoms with Gasteiger partial charge in [0.1, 0.15) is 0 Å². The van der Waals surface area contributed by atoms with Crippen molar-refractivity contribution in [3.63, 3.8) is 0 Å². The Balaban J connectivity index is 2.90. The van der Waals surface area contributed by atoms with E-state index in [0.29, 0.717) is 6.61 Å². The van der Waals surface area contributed by atoms with Crippen molar-refractivity contribution in [2.45, 2.75) is 103 Å². The van der Waals surface area contributed by atoms with Crippen LogP contribution in [0.1, 0.15) is 103 Å². The number of hydrogen-bond acceptors (Lipinski definition) is 2. The number of unbranched alkanes of at least 4 members (excludes halogenated alkanes) is 13. The average molecular weight is 300 g/mol. The van der Waals surface area contributed by atoms with Gasteiger partial charge in [0.25, 0.3) is 0 Å². The van der Waals surface area contributed by atoms with E-state index < -0.39 is 0 Å². The van der Waals surface area contributed by atoms with Crippen LogP contribution in [-0.2, 0) is 0 Å². The number of rotatable bonds is 18. The van der Waals surface area contributed by atoms with Gasteiger partial charge in [0.05, 0.1) is 0 Å². The highest BCUT2D eigenvalue weighted by molar-refractivity contribution is 4.51. The topological polar surface area (TPSA) is 32.3 Å². The lowest BCUT2D eigenvalue weighted by atomic mass is 10.0. The summed E-state index contributed by atoms with van der Waals surface area (Å²) in [5.74, 6) is 0. The molecule has 0 fully saturated rings. The summed E-state index contributed by atoms with van der Waals surface area (Å²) in [6.07, 6.45) is 20.8. The van der Waals surface area contributed by atoms with Crippen LogP contribution in [0.2, 0.25) is 0 Å². The summed E-state index contributed by atoms with van der Waals surface area (Å²) in [7, 11) is 0. The molecule has 0 saturated heterocycles. The summed E-state index contributed by atoms with van der Waals surface area (Å²) in [4.78, 5) is 0. The smallest absolute Gasteiger partial charge is 0.0443 e. The number of hydrogen-bond donors (Lipinski definition) is 2. The molecule has 2 heteroatoms. The zero-order valence-electron chi connectivity index (χ0n) is 14.7. The number of nitrogens with one attached hydrogen (secondary N) is 1. The van der Waals surface area contributed by atoms with Crippen molar-refractivity contribution >= 4 is 0 Å². The summed E-state index contributed by atoms with van der Waals surface area (Å²) in [6, 6.07) is 0. The van der Waals surface area contributed by atoms with Gasteiger partial charge in [-0.05, 0) is 25.9 Å². The van der Waals surface area contributed by atoms with Gasteiger partial charge in [-0.2, -0.15) is 0 Å². The molecular weight excluding hydrogens is 258 g/mol. The van der Waals surface area contributed by atoms with Gasteiger partial charge in [-0.25, -0.2) is 0 Å². The first kappa shape index (κ1) is 20.9. The third-order valence-corrected chi connectivity index (χ3v) is 4.22. The van der Waals surface area contributed by atoms with Gasteiger partial charge in [-0.15, -0.1) is 0 Å². The van der Waals surface area contributed by atoms with E-state index in [4.69, 9.17) is 5.11 Å². The fourth-order valence-corrected chi connectivity index (χ4v) is 2.77. The predicted molar refractivity (Wildman–Crippen MR) is 94.9 cm³/mol. The summed E-state index contributed by atoms with van der Waals surface area (Å²) in [6.45, 7) is 4.69. The molecule has 0 radical (unpaired) electrons. The van der Waals surface area contributed by atoms with Crippen molar-refractivity contribution < 1.29 is 5.11 Å². The zero-order valence-corrected chi connectivity index (χ0v) is 14.7. The molecule has 0 aromatic heterocycles. The Labute approximate surface area is 134 Å². The molecule has 21 heavy (non-hydrogen) atoms. The van der Waals surface area contributed by atoms with Gasteiger partial charge in [0, 0.05) is 6.61 Å². The van der Waals surface area contributed by atoms with Crippen molar-refractivity contribution in [2.75, 3.05) is 19.7 Å². The van der Waals surface area contributed by atoms with Gasteiger partial charge in [-0.3, -0.25) is 0 Å². The van der Waals surface area contributed by atoms with Gasteiger partial charge in [-0.1, -0.05) is 90.4 Å². The first-order valence-electron chi connectivity index (χ1n) is 9.73. The van der Waals surface area contributed by atoms with E-state index >= 15 is 0 Å². The van der Waals surface area contributed by atoms with E-state index in [0.717, 1.165) is 19.5 Å². The van der Waals surface area contributed by atoms with E-state index in [2.05, 4.69) is 12.2 Å². The molecule has 0 aliphatic rings. The maximum absolute atomic E-state index is 8.65. The monoisotopic (exact) mass is 299 g/mol. The first-order chi connectivity index (χ1) is 10.4. The normalized spacial score (nSPS) is 11.1. The molecule has 0 rings (SSSR count). The highest BCUT2D eigenvalue weighted by Crippen LogP contribution is 2.12. The largest absolute Gasteiger partial charge is 0.396 e. The summed E-state index contributed by atoms with van der Waals surface area (Å²) >= 11 is 0. The molecule has 0 amide bonds. The Morgan fingerprint density at radius 2 is 0.905 bits per heavy atom. The molecule has 0 aliphatic heterocycles. The van der Waals surface area contributed by atoms with Gasteiger partial charge >= 0.3 is 0 Å². The number of aliphatic hydroxyl groups is 1. The molecule has 0 atom stereocenters. The summed E-state index contributed by atoms with van der Waals surface area (Å²) in [5, 5.41) is 12.0. The molecule has 0 saturated carbocycles. The Hall–Kier alpha value is -0.0800. The Morgan fingerprint density at radius 1 is 0.524 bits per heavy atom. The number of aliphatic hydroxyl groups excluding tert-OH is 1. The van der Waals surface area contributed by atoms with Gasteiger partial charge < -0.3 is 10.4 Å². The van der Waals surface area contributed by atoms with Crippen LogP contribution in [0.25, 0.3) is 0 Å². The fourth-order valence-electron chi connectivity index (χ4n) is 2.77. The lowest BCUT2D eigenvalue weighted by Crippen LogP contribution is -2.17. The van der Waals surface area contributed by atoms with Crippen LogP contribution in [0.4, 0.5) is 0 Å². The van der Waals surface area contributed by atoms with Crippen LogP contribution in [0.5, 0.6) is 0 Å². The highest BCUT2D eigenvalue weighted by atomic mass is 16.3. The predicted octanol–water partition coefficient (Wildman–Crippen LogP) is 5.44. The maximum Gasteiger partial charge on any atom is 0.0443 e. The van der Waals surface area contributed by atoms with E-state index in [1.54, 1.807) is 0 Å². The Kier molecular flexibility index (Phi) is 19.8. The molecule has 0 aliphatic carbocycles. The van der Waals surface area contributed by atoms with Crippen LogP contribution in [0.3, 0.4) is 0 Å². The minimum atomic E-state index is 0.311. The highest BCUT2D eigenvalue weighted by Gasteiger charge is 1.94. The van der Waals surface area contributed by atoms with Crippen molar-refractivity contribution in [1.82, 2.24) is 5.32 Å². The maximum atomic E-state index is 8.65. The molecule has 0 spiro atoms. The SMILES string of the molecule is CCCCCCCCCCCCCCCCNCCCO. The van der Waals surface area contributed by atoms with Crippen LogP contribution >= 0.6 is 0 Å². The van der Waals surface area contributed by atoms with Crippen molar-refractivity contribution in [3.8, 4) is 0 Å². The van der Waals surface area contributed by atoms with E-state index in [1.165, 1.54) is 89.9 Å². The third-order valence-electron chi connectivity index (χ3n) is 4.22. The standard InChI is InChI=1S/C19H41NO/c1-2-3-4-5-6-7-8-9-10-11-12-13-14-15-17-20-18-16-19-21/h20-21H,2-19H2,1H3. The fraction of sp³-hybridized carbons (Fsp3) is 1.00. The van der Waals surface area contributed by atoms with Crippen LogP contribution in [-0.4, -0.2) is 24.8 Å². The summed E-state index contributed by atoms with van der Waals surface area (Å²) < 4.78 is 0. The van der Waals surface area contributed by atoms with E-state index in [1.807, 2.05) is 0 Å². The van der Waals surface area contributed by atoms with E-state index in [9.17, 15) is 0 Å². The molecule has 128 valence electrons. The van der Waals surface area contributed by atoms with Crippen molar-refractivity contribution in [3.05, 3.63) is 0 Å². The molecule has 0 heterocycles. The molecule has 0 bridgehead atoms. The van der Waals surface area contributed by atoms with Crippen LogP contribution in [0, 0.1) is 0 Å². The van der Waals surface area contributed by atoms with E-state index in [-0.39, 0.29) is 0 Å². The second kappa shape index (κ2) is 19.9. The molecule has 0 aromatic carbocycles. The average Bonchev–Trinajstić information content (AvgIpc) is 2.50. The first-order valence-corrected chi connectivity index (χ1v) is 9.73. The van der Waals surface area contributed by atoms with Gasteiger partial charge in [0.2, 0.25) is 0 Å². The molecule has 2 N–H and O–H groups in total. The van der Waals surface area contributed by atoms with Crippen LogP contribution < -0.4 is 5.32 Å². The second-order valence-corrected chi connectivity index (χ2v) is 6.42. The molecule has 0 aromatic rings. The zero-order chi connectivity index (χ0) is 15.4. The molecular formula is C19H41NO. The minimum absolute atomic E-state index is 0.311. The third kappa shape index (κ3) is 19.9. The van der Waals surface area contributed by atoms with Crippen LogP contribution in [0.15, 0.2) is 0 Å². The lowest BCUT2D eigenvalue weighted by Gasteiger charge is -2.04. The Bertz CT molecular complexity index is 155. The molecule has 2 nitrogen and oxygen atoms in total. The van der Waals surface area contributed by atoms with Crippen molar-refractivity contribution in [2.24, 2.45) is 0 Å².